The van der Waals surface area contributed by atoms with E-state index in [4.69, 9.17) is 9.57 Å². The van der Waals surface area contributed by atoms with Crippen molar-refractivity contribution >= 4 is 5.70 Å². The second kappa shape index (κ2) is 8.58. The van der Waals surface area contributed by atoms with Gasteiger partial charge < -0.3 is 4.74 Å². The Labute approximate surface area is 145 Å². The first-order chi connectivity index (χ1) is 11.9. The number of hydroxylamine groups is 1. The lowest BCUT2D eigenvalue weighted by atomic mass is 10.1. The fraction of sp³-hybridized carbons (Fsp3) is 0.263. The monoisotopic (exact) mass is 351 g/mol. The molecule has 0 aliphatic carbocycles. The van der Waals surface area contributed by atoms with E-state index >= 15 is 0 Å². The third-order valence-corrected chi connectivity index (χ3v) is 3.47. The normalized spacial score (nSPS) is 12.1. The van der Waals surface area contributed by atoms with Gasteiger partial charge in [0.25, 0.3) is 0 Å². The molecule has 2 aromatic rings. The third-order valence-electron chi connectivity index (χ3n) is 3.47. The van der Waals surface area contributed by atoms with Gasteiger partial charge in [-0.15, -0.1) is 0 Å². The zero-order chi connectivity index (χ0) is 18.3. The van der Waals surface area contributed by atoms with Crippen LogP contribution in [0.5, 0.6) is 5.75 Å². The first-order valence-electron chi connectivity index (χ1n) is 7.87. The Hall–Kier alpha value is -2.47. The van der Waals surface area contributed by atoms with Crippen molar-refractivity contribution in [3.8, 4) is 5.75 Å². The maximum absolute atomic E-state index is 12.5. The van der Waals surface area contributed by atoms with Gasteiger partial charge in [-0.2, -0.15) is 13.2 Å². The summed E-state index contributed by atoms with van der Waals surface area (Å²) in [5.41, 5.74) is 4.65. The highest BCUT2D eigenvalue weighted by atomic mass is 19.4. The Morgan fingerprint density at radius 1 is 1.04 bits per heavy atom. The molecular weight excluding hydrogens is 331 g/mol. The van der Waals surface area contributed by atoms with Gasteiger partial charge in [0.15, 0.2) is 0 Å². The molecule has 0 fully saturated rings. The predicted octanol–water partition coefficient (Wildman–Crippen LogP) is 5.19. The SMILES string of the molecule is CC=C(NOCC)c1ccc(OCc2ccc(C(F)(F)F)cc2)cc1. The predicted molar refractivity (Wildman–Crippen MR) is 90.6 cm³/mol. The highest BCUT2D eigenvalue weighted by Crippen LogP contribution is 2.29. The molecule has 0 bridgehead atoms. The van der Waals surface area contributed by atoms with E-state index in [2.05, 4.69) is 5.48 Å². The number of allylic oxidation sites excluding steroid dienone is 1. The summed E-state index contributed by atoms with van der Waals surface area (Å²) >= 11 is 0. The largest absolute Gasteiger partial charge is 0.489 e. The number of halogens is 3. The summed E-state index contributed by atoms with van der Waals surface area (Å²) in [5, 5.41) is 0. The molecule has 0 radical (unpaired) electrons. The zero-order valence-electron chi connectivity index (χ0n) is 14.1. The Morgan fingerprint density at radius 2 is 1.68 bits per heavy atom. The Kier molecular flexibility index (Phi) is 6.47. The fourth-order valence-corrected chi connectivity index (χ4v) is 2.12. The first kappa shape index (κ1) is 18.9. The van der Waals surface area contributed by atoms with E-state index in [9.17, 15) is 13.2 Å². The van der Waals surface area contributed by atoms with E-state index in [0.29, 0.717) is 17.9 Å². The van der Waals surface area contributed by atoms with Crippen molar-refractivity contribution in [1.29, 1.82) is 0 Å². The average molecular weight is 351 g/mol. The molecule has 0 atom stereocenters. The average Bonchev–Trinajstić information content (AvgIpc) is 2.61. The standard InChI is InChI=1S/C19H20F3NO2/c1-3-18(23-25-4-2)15-7-11-17(12-8-15)24-13-14-5-9-16(10-6-14)19(20,21)22/h3,5-12,23H,4,13H2,1-2H3. The number of benzene rings is 2. The Bertz CT molecular complexity index is 692. The van der Waals surface area contributed by atoms with Gasteiger partial charge >= 0.3 is 6.18 Å². The minimum absolute atomic E-state index is 0.200. The van der Waals surface area contributed by atoms with E-state index in [0.717, 1.165) is 23.4 Å². The van der Waals surface area contributed by atoms with Crippen LogP contribution in [0.25, 0.3) is 5.70 Å². The van der Waals surface area contributed by atoms with Crippen molar-refractivity contribution in [2.45, 2.75) is 26.6 Å². The molecule has 0 amide bonds. The maximum atomic E-state index is 12.5. The molecule has 0 heterocycles. The van der Waals surface area contributed by atoms with Crippen molar-refractivity contribution in [2.24, 2.45) is 0 Å². The van der Waals surface area contributed by atoms with Crippen LogP contribution < -0.4 is 10.2 Å². The number of alkyl halides is 3. The molecule has 0 saturated carbocycles. The molecule has 3 nitrogen and oxygen atoms in total. The van der Waals surface area contributed by atoms with E-state index in [1.807, 2.05) is 32.1 Å². The van der Waals surface area contributed by atoms with Crippen molar-refractivity contribution in [3.05, 3.63) is 71.3 Å². The van der Waals surface area contributed by atoms with Crippen molar-refractivity contribution in [2.75, 3.05) is 6.61 Å². The summed E-state index contributed by atoms with van der Waals surface area (Å²) in [5.74, 6) is 0.635. The lowest BCUT2D eigenvalue weighted by molar-refractivity contribution is -0.137. The zero-order valence-corrected chi connectivity index (χ0v) is 14.1. The van der Waals surface area contributed by atoms with Crippen LogP contribution in [0.15, 0.2) is 54.6 Å². The molecule has 0 aliphatic rings. The lowest BCUT2D eigenvalue weighted by Gasteiger charge is -2.12. The van der Waals surface area contributed by atoms with Gasteiger partial charge in [0, 0.05) is 0 Å². The first-order valence-corrected chi connectivity index (χ1v) is 7.87. The van der Waals surface area contributed by atoms with E-state index < -0.39 is 11.7 Å². The molecule has 2 rings (SSSR count). The summed E-state index contributed by atoms with van der Waals surface area (Å²) in [4.78, 5) is 5.18. The topological polar surface area (TPSA) is 30.5 Å². The molecule has 2 aromatic carbocycles. The van der Waals surface area contributed by atoms with Crippen LogP contribution in [-0.4, -0.2) is 6.61 Å². The minimum atomic E-state index is -4.32. The van der Waals surface area contributed by atoms with Crippen LogP contribution in [0.2, 0.25) is 0 Å². The smallest absolute Gasteiger partial charge is 0.416 e. The van der Waals surface area contributed by atoms with Gasteiger partial charge in [0.2, 0.25) is 0 Å². The van der Waals surface area contributed by atoms with Crippen molar-refractivity contribution < 1.29 is 22.7 Å². The van der Waals surface area contributed by atoms with Crippen LogP contribution >= 0.6 is 0 Å². The van der Waals surface area contributed by atoms with Gasteiger partial charge in [0.1, 0.15) is 12.4 Å². The number of hydrogen-bond donors (Lipinski definition) is 1. The summed E-state index contributed by atoms with van der Waals surface area (Å²) in [6.07, 6.45) is -2.43. The number of ether oxygens (including phenoxy) is 1. The van der Waals surface area contributed by atoms with Crippen LogP contribution in [0.3, 0.4) is 0 Å². The summed E-state index contributed by atoms with van der Waals surface area (Å²) < 4.78 is 43.2. The molecule has 0 unspecified atom stereocenters. The van der Waals surface area contributed by atoms with Gasteiger partial charge in [-0.05, 0) is 61.4 Å². The molecule has 0 saturated heterocycles. The molecular formula is C19H20F3NO2. The minimum Gasteiger partial charge on any atom is -0.489 e. The molecule has 1 N–H and O–H groups in total. The van der Waals surface area contributed by atoms with Crippen molar-refractivity contribution in [1.82, 2.24) is 5.48 Å². The Balaban J connectivity index is 1.95. The molecule has 25 heavy (non-hydrogen) atoms. The maximum Gasteiger partial charge on any atom is 0.416 e. The summed E-state index contributed by atoms with van der Waals surface area (Å²) in [6.45, 7) is 4.53. The van der Waals surface area contributed by atoms with Gasteiger partial charge in [0.05, 0.1) is 17.9 Å². The van der Waals surface area contributed by atoms with E-state index in [-0.39, 0.29) is 6.61 Å². The highest BCUT2D eigenvalue weighted by Gasteiger charge is 2.29. The van der Waals surface area contributed by atoms with Gasteiger partial charge in [-0.3, -0.25) is 10.3 Å². The third kappa shape index (κ3) is 5.53. The van der Waals surface area contributed by atoms with Crippen LogP contribution in [0, 0.1) is 0 Å². The van der Waals surface area contributed by atoms with E-state index in [1.54, 1.807) is 12.1 Å². The number of hydrogen-bond acceptors (Lipinski definition) is 3. The molecule has 134 valence electrons. The molecule has 0 aromatic heterocycles. The second-order valence-corrected chi connectivity index (χ2v) is 5.25. The highest BCUT2D eigenvalue weighted by molar-refractivity contribution is 5.63. The quantitative estimate of drug-likeness (QED) is 0.697. The number of nitrogens with one attached hydrogen (secondary N) is 1. The van der Waals surface area contributed by atoms with Crippen LogP contribution in [0.1, 0.15) is 30.5 Å². The molecule has 0 aliphatic heterocycles. The van der Waals surface area contributed by atoms with E-state index in [1.165, 1.54) is 12.1 Å². The summed E-state index contributed by atoms with van der Waals surface area (Å²) in [6, 6.07) is 12.3. The lowest BCUT2D eigenvalue weighted by Crippen LogP contribution is -2.12. The van der Waals surface area contributed by atoms with Gasteiger partial charge in [-0.25, -0.2) is 0 Å². The number of rotatable bonds is 7. The van der Waals surface area contributed by atoms with Crippen LogP contribution in [-0.2, 0) is 17.6 Å². The van der Waals surface area contributed by atoms with Crippen molar-refractivity contribution in [3.63, 3.8) is 0 Å². The Morgan fingerprint density at radius 3 is 2.20 bits per heavy atom. The fourth-order valence-electron chi connectivity index (χ4n) is 2.12. The van der Waals surface area contributed by atoms with Crippen LogP contribution in [0.4, 0.5) is 13.2 Å². The molecule has 0 spiro atoms. The summed E-state index contributed by atoms with van der Waals surface area (Å²) in [7, 11) is 0. The van der Waals surface area contributed by atoms with Gasteiger partial charge in [-0.1, -0.05) is 18.2 Å². The second-order valence-electron chi connectivity index (χ2n) is 5.25. The molecule has 6 heteroatoms.